The molecule has 0 unspecified atom stereocenters. The molecule has 2 amide bonds. The van der Waals surface area contributed by atoms with Crippen LogP contribution in [0.1, 0.15) is 17.3 Å². The summed E-state index contributed by atoms with van der Waals surface area (Å²) in [6, 6.07) is 13.9. The van der Waals surface area contributed by atoms with Gasteiger partial charge in [-0.3, -0.25) is 14.9 Å². The first kappa shape index (κ1) is 21.6. The number of aromatic nitrogens is 2. The minimum Gasteiger partial charge on any atom is -0.497 e. The Morgan fingerprint density at radius 3 is 2.37 bits per heavy atom. The smallest absolute Gasteiger partial charge is 0.257 e. The zero-order valence-electron chi connectivity index (χ0n) is 16.4. The Morgan fingerprint density at radius 1 is 1.00 bits per heavy atom. The summed E-state index contributed by atoms with van der Waals surface area (Å²) in [6.45, 7) is 2.50. The van der Waals surface area contributed by atoms with Gasteiger partial charge in [0.25, 0.3) is 5.91 Å². The number of thioether (sulfide) groups is 1. The molecule has 156 valence electrons. The van der Waals surface area contributed by atoms with Crippen molar-refractivity contribution in [3.8, 4) is 11.5 Å². The van der Waals surface area contributed by atoms with E-state index in [1.165, 1.54) is 23.1 Å². The fourth-order valence-electron chi connectivity index (χ4n) is 2.36. The van der Waals surface area contributed by atoms with Gasteiger partial charge in [-0.15, -0.1) is 10.2 Å². The topological polar surface area (TPSA) is 102 Å². The fraction of sp³-hybridized carbons (Fsp3) is 0.200. The van der Waals surface area contributed by atoms with Crippen LogP contribution in [0.15, 0.2) is 52.9 Å². The summed E-state index contributed by atoms with van der Waals surface area (Å²) >= 11 is 2.45. The van der Waals surface area contributed by atoms with Crippen LogP contribution in [0.25, 0.3) is 0 Å². The quantitative estimate of drug-likeness (QED) is 0.381. The maximum Gasteiger partial charge on any atom is 0.257 e. The summed E-state index contributed by atoms with van der Waals surface area (Å²) in [5.41, 5.74) is 1.17. The summed E-state index contributed by atoms with van der Waals surface area (Å²) in [5, 5.41) is 13.8. The summed E-state index contributed by atoms with van der Waals surface area (Å²) < 4.78 is 11.0. The van der Waals surface area contributed by atoms with Crippen molar-refractivity contribution in [3.63, 3.8) is 0 Å². The number of rotatable bonds is 9. The molecule has 0 saturated carbocycles. The summed E-state index contributed by atoms with van der Waals surface area (Å²) in [4.78, 5) is 24.4. The van der Waals surface area contributed by atoms with Gasteiger partial charge in [-0.2, -0.15) is 0 Å². The van der Waals surface area contributed by atoms with Gasteiger partial charge in [0.05, 0.1) is 19.5 Å². The average Bonchev–Trinajstić information content (AvgIpc) is 3.21. The predicted octanol–water partition coefficient (Wildman–Crippen LogP) is 3.93. The van der Waals surface area contributed by atoms with Crippen LogP contribution in [0, 0.1) is 0 Å². The summed E-state index contributed by atoms with van der Waals surface area (Å²) in [6.07, 6.45) is 0. The third kappa shape index (κ3) is 6.19. The van der Waals surface area contributed by atoms with Gasteiger partial charge >= 0.3 is 0 Å². The van der Waals surface area contributed by atoms with Gasteiger partial charge in [0, 0.05) is 11.3 Å². The van der Waals surface area contributed by atoms with E-state index in [4.69, 9.17) is 9.47 Å². The van der Waals surface area contributed by atoms with Gasteiger partial charge < -0.3 is 14.8 Å². The molecule has 0 fully saturated rings. The average molecular weight is 445 g/mol. The number of carbonyl (C=O) groups excluding carboxylic acids is 2. The number of benzene rings is 2. The lowest BCUT2D eigenvalue weighted by atomic mass is 10.2. The Balaban J connectivity index is 1.47. The monoisotopic (exact) mass is 444 g/mol. The van der Waals surface area contributed by atoms with Crippen molar-refractivity contribution in [2.24, 2.45) is 0 Å². The lowest BCUT2D eigenvalue weighted by Crippen LogP contribution is -2.13. The van der Waals surface area contributed by atoms with E-state index in [-0.39, 0.29) is 17.6 Å². The van der Waals surface area contributed by atoms with Gasteiger partial charge in [0.2, 0.25) is 11.0 Å². The molecule has 0 aliphatic heterocycles. The Morgan fingerprint density at radius 2 is 1.70 bits per heavy atom. The minimum absolute atomic E-state index is 0.164. The summed E-state index contributed by atoms with van der Waals surface area (Å²) in [7, 11) is 1.56. The zero-order valence-corrected chi connectivity index (χ0v) is 18.0. The van der Waals surface area contributed by atoms with E-state index in [0.717, 1.165) is 5.75 Å². The van der Waals surface area contributed by atoms with E-state index >= 15 is 0 Å². The lowest BCUT2D eigenvalue weighted by molar-refractivity contribution is -0.113. The van der Waals surface area contributed by atoms with Crippen LogP contribution in [0.5, 0.6) is 11.5 Å². The van der Waals surface area contributed by atoms with Crippen LogP contribution < -0.4 is 20.1 Å². The van der Waals surface area contributed by atoms with E-state index in [1.807, 2.05) is 6.92 Å². The minimum atomic E-state index is -0.293. The number of nitrogens with one attached hydrogen (secondary N) is 2. The van der Waals surface area contributed by atoms with Crippen molar-refractivity contribution < 1.29 is 19.1 Å². The standard InChI is InChI=1S/C20H20N4O4S2/c1-3-28-16-10-6-14(7-11-16)21-17(25)12-29-20-24-23-19(30-20)22-18(26)13-4-8-15(27-2)9-5-13/h4-11H,3,12H2,1-2H3,(H,21,25)(H,22,23,26). The first-order valence-corrected chi connectivity index (χ1v) is 10.8. The van der Waals surface area contributed by atoms with Gasteiger partial charge in [-0.05, 0) is 55.5 Å². The van der Waals surface area contributed by atoms with E-state index in [9.17, 15) is 9.59 Å². The molecule has 2 aromatic carbocycles. The van der Waals surface area contributed by atoms with Gasteiger partial charge in [0.15, 0.2) is 4.34 Å². The molecule has 0 aliphatic carbocycles. The third-order valence-electron chi connectivity index (χ3n) is 3.75. The van der Waals surface area contributed by atoms with Gasteiger partial charge in [0.1, 0.15) is 11.5 Å². The normalized spacial score (nSPS) is 10.3. The second-order valence-corrected chi connectivity index (χ2v) is 8.05. The van der Waals surface area contributed by atoms with Crippen LogP contribution in [-0.2, 0) is 4.79 Å². The molecule has 3 rings (SSSR count). The second-order valence-electron chi connectivity index (χ2n) is 5.85. The van der Waals surface area contributed by atoms with Crippen molar-refractivity contribution in [1.29, 1.82) is 0 Å². The highest BCUT2D eigenvalue weighted by Crippen LogP contribution is 2.26. The molecule has 0 saturated heterocycles. The molecule has 1 heterocycles. The lowest BCUT2D eigenvalue weighted by Gasteiger charge is -2.06. The molecular formula is C20H20N4O4S2. The number of hydrogen-bond acceptors (Lipinski definition) is 8. The number of ether oxygens (including phenoxy) is 2. The van der Waals surface area contributed by atoms with Crippen LogP contribution in [0.3, 0.4) is 0 Å². The Labute approximate surface area is 182 Å². The molecular weight excluding hydrogens is 424 g/mol. The van der Waals surface area contributed by atoms with Crippen LogP contribution in [0.4, 0.5) is 10.8 Å². The highest BCUT2D eigenvalue weighted by Gasteiger charge is 2.12. The van der Waals surface area contributed by atoms with Crippen molar-refractivity contribution >= 4 is 45.7 Å². The predicted molar refractivity (Wildman–Crippen MR) is 118 cm³/mol. The molecule has 0 spiro atoms. The molecule has 8 nitrogen and oxygen atoms in total. The largest absolute Gasteiger partial charge is 0.497 e. The Kier molecular flexibility index (Phi) is 7.63. The molecule has 30 heavy (non-hydrogen) atoms. The Hall–Kier alpha value is -3.11. The van der Waals surface area contributed by atoms with Crippen LogP contribution in [-0.4, -0.2) is 41.5 Å². The van der Waals surface area contributed by atoms with E-state index < -0.39 is 0 Å². The van der Waals surface area contributed by atoms with Crippen molar-refractivity contribution in [2.45, 2.75) is 11.3 Å². The highest BCUT2D eigenvalue weighted by atomic mass is 32.2. The number of methoxy groups -OCH3 is 1. The first-order chi connectivity index (χ1) is 14.6. The molecule has 2 N–H and O–H groups in total. The highest BCUT2D eigenvalue weighted by molar-refractivity contribution is 8.01. The number of hydrogen-bond donors (Lipinski definition) is 2. The third-order valence-corrected chi connectivity index (χ3v) is 5.73. The van der Waals surface area contributed by atoms with Crippen LogP contribution >= 0.6 is 23.1 Å². The second kappa shape index (κ2) is 10.6. The fourth-order valence-corrected chi connectivity index (χ4v) is 3.90. The Bertz CT molecular complexity index is 991. The zero-order chi connectivity index (χ0) is 21.3. The number of anilines is 2. The van der Waals surface area contributed by atoms with E-state index in [1.54, 1.807) is 55.6 Å². The molecule has 0 aliphatic rings. The molecule has 1 aromatic heterocycles. The SMILES string of the molecule is CCOc1ccc(NC(=O)CSc2nnc(NC(=O)c3ccc(OC)cc3)s2)cc1. The molecule has 0 bridgehead atoms. The molecule has 10 heteroatoms. The number of carbonyl (C=O) groups is 2. The first-order valence-electron chi connectivity index (χ1n) is 9.02. The number of amides is 2. The van der Waals surface area contributed by atoms with Gasteiger partial charge in [-0.25, -0.2) is 0 Å². The van der Waals surface area contributed by atoms with Crippen LogP contribution in [0.2, 0.25) is 0 Å². The molecule has 0 atom stereocenters. The van der Waals surface area contributed by atoms with Crippen molar-refractivity contribution in [2.75, 3.05) is 30.1 Å². The summed E-state index contributed by atoms with van der Waals surface area (Å²) in [5.74, 6) is 1.14. The molecule has 0 radical (unpaired) electrons. The number of nitrogens with zero attached hydrogens (tertiary/aromatic N) is 2. The maximum atomic E-state index is 12.3. The van der Waals surface area contributed by atoms with Crippen molar-refractivity contribution in [3.05, 3.63) is 54.1 Å². The van der Waals surface area contributed by atoms with Crippen molar-refractivity contribution in [1.82, 2.24) is 10.2 Å². The van der Waals surface area contributed by atoms with E-state index in [0.29, 0.717) is 33.1 Å². The molecule has 3 aromatic rings. The maximum absolute atomic E-state index is 12.3. The van der Waals surface area contributed by atoms with Gasteiger partial charge in [-0.1, -0.05) is 23.1 Å². The van der Waals surface area contributed by atoms with E-state index in [2.05, 4.69) is 20.8 Å².